The lowest BCUT2D eigenvalue weighted by Gasteiger charge is -2.22. The smallest absolute Gasteiger partial charge is 0.138 e. The van der Waals surface area contributed by atoms with Crippen molar-refractivity contribution in [2.75, 3.05) is 11.9 Å². The largest absolute Gasteiger partial charge is 0.392 e. The third-order valence-corrected chi connectivity index (χ3v) is 2.83. The van der Waals surface area contributed by atoms with Crippen LogP contribution in [0.25, 0.3) is 0 Å². The van der Waals surface area contributed by atoms with E-state index in [0.717, 1.165) is 17.1 Å². The summed E-state index contributed by atoms with van der Waals surface area (Å²) in [6.45, 7) is 2.06. The predicted molar refractivity (Wildman–Crippen MR) is 69.4 cm³/mol. The number of anilines is 2. The van der Waals surface area contributed by atoms with E-state index in [2.05, 4.69) is 18.0 Å². The van der Waals surface area contributed by atoms with Crippen LogP contribution in [0, 0.1) is 6.92 Å². The molecule has 1 N–H and O–H groups in total. The number of pyridine rings is 1. The van der Waals surface area contributed by atoms with Crippen LogP contribution in [-0.4, -0.2) is 17.1 Å². The molecule has 1 aromatic heterocycles. The lowest BCUT2D eigenvalue weighted by molar-refractivity contribution is 0.282. The SMILES string of the molecule is Cc1ccccc1N(C)c1ncccc1CO. The zero-order chi connectivity index (χ0) is 12.3. The second kappa shape index (κ2) is 4.97. The van der Waals surface area contributed by atoms with E-state index in [1.165, 1.54) is 5.56 Å². The van der Waals surface area contributed by atoms with E-state index in [9.17, 15) is 5.11 Å². The number of para-hydroxylation sites is 1. The van der Waals surface area contributed by atoms with Crippen LogP contribution < -0.4 is 4.90 Å². The number of benzene rings is 1. The molecule has 0 fully saturated rings. The van der Waals surface area contributed by atoms with Gasteiger partial charge in [0.05, 0.1) is 6.61 Å². The van der Waals surface area contributed by atoms with Gasteiger partial charge < -0.3 is 10.0 Å². The molecule has 0 aliphatic carbocycles. The van der Waals surface area contributed by atoms with Crippen LogP contribution in [-0.2, 0) is 6.61 Å². The van der Waals surface area contributed by atoms with Gasteiger partial charge in [-0.2, -0.15) is 0 Å². The molecule has 3 heteroatoms. The van der Waals surface area contributed by atoms with E-state index in [-0.39, 0.29) is 6.61 Å². The molecule has 0 saturated carbocycles. The molecule has 0 aliphatic heterocycles. The predicted octanol–water partition coefficient (Wildman–Crippen LogP) is 2.65. The van der Waals surface area contributed by atoms with Crippen molar-refractivity contribution in [1.29, 1.82) is 0 Å². The molecule has 0 bridgehead atoms. The normalized spacial score (nSPS) is 10.3. The third-order valence-electron chi connectivity index (χ3n) is 2.83. The highest BCUT2D eigenvalue weighted by Crippen LogP contribution is 2.27. The fraction of sp³-hybridized carbons (Fsp3) is 0.214. The van der Waals surface area contributed by atoms with Gasteiger partial charge in [-0.05, 0) is 24.6 Å². The summed E-state index contributed by atoms with van der Waals surface area (Å²) in [6.07, 6.45) is 1.74. The quantitative estimate of drug-likeness (QED) is 0.877. The summed E-state index contributed by atoms with van der Waals surface area (Å²) in [5.74, 6) is 0.796. The maximum atomic E-state index is 9.32. The number of rotatable bonds is 3. The second-order valence-corrected chi connectivity index (χ2v) is 3.99. The minimum absolute atomic E-state index is 0.000601. The van der Waals surface area contributed by atoms with Crippen LogP contribution in [0.5, 0.6) is 0 Å². The van der Waals surface area contributed by atoms with E-state index < -0.39 is 0 Å². The van der Waals surface area contributed by atoms with Crippen LogP contribution in [0.15, 0.2) is 42.6 Å². The van der Waals surface area contributed by atoms with E-state index in [1.54, 1.807) is 6.20 Å². The summed E-state index contributed by atoms with van der Waals surface area (Å²) in [5, 5.41) is 9.32. The van der Waals surface area contributed by atoms with Gasteiger partial charge in [-0.3, -0.25) is 0 Å². The molecule has 1 heterocycles. The first-order chi connectivity index (χ1) is 8.24. The molecule has 0 saturated heterocycles. The first-order valence-corrected chi connectivity index (χ1v) is 5.58. The molecule has 0 spiro atoms. The van der Waals surface area contributed by atoms with Crippen LogP contribution in [0.2, 0.25) is 0 Å². The van der Waals surface area contributed by atoms with Crippen molar-refractivity contribution in [2.24, 2.45) is 0 Å². The second-order valence-electron chi connectivity index (χ2n) is 3.99. The Kier molecular flexibility index (Phi) is 3.40. The van der Waals surface area contributed by atoms with Crippen molar-refractivity contribution in [3.63, 3.8) is 0 Å². The van der Waals surface area contributed by atoms with Gasteiger partial charge in [0, 0.05) is 24.5 Å². The zero-order valence-electron chi connectivity index (χ0n) is 10.1. The summed E-state index contributed by atoms with van der Waals surface area (Å²) in [5.41, 5.74) is 3.11. The zero-order valence-corrected chi connectivity index (χ0v) is 10.1. The number of aromatic nitrogens is 1. The number of aryl methyl sites for hydroxylation is 1. The molecule has 0 unspecified atom stereocenters. The average molecular weight is 228 g/mol. The molecule has 17 heavy (non-hydrogen) atoms. The number of hydrogen-bond acceptors (Lipinski definition) is 3. The van der Waals surface area contributed by atoms with Gasteiger partial charge in [-0.1, -0.05) is 24.3 Å². The lowest BCUT2D eigenvalue weighted by atomic mass is 10.1. The Morgan fingerprint density at radius 1 is 1.18 bits per heavy atom. The number of aliphatic hydroxyl groups is 1. The Morgan fingerprint density at radius 3 is 2.65 bits per heavy atom. The molecule has 0 amide bonds. The van der Waals surface area contributed by atoms with Crippen molar-refractivity contribution in [1.82, 2.24) is 4.98 Å². The number of aliphatic hydroxyl groups excluding tert-OH is 1. The Bertz CT molecular complexity index is 511. The monoisotopic (exact) mass is 228 g/mol. The highest BCUT2D eigenvalue weighted by molar-refractivity contribution is 5.64. The van der Waals surface area contributed by atoms with Crippen LogP contribution in [0.1, 0.15) is 11.1 Å². The summed E-state index contributed by atoms with van der Waals surface area (Å²) in [4.78, 5) is 6.33. The van der Waals surface area contributed by atoms with Gasteiger partial charge in [0.15, 0.2) is 0 Å². The van der Waals surface area contributed by atoms with Gasteiger partial charge in [0.1, 0.15) is 5.82 Å². The molecule has 0 atom stereocenters. The lowest BCUT2D eigenvalue weighted by Crippen LogP contribution is -2.14. The Morgan fingerprint density at radius 2 is 1.94 bits per heavy atom. The Balaban J connectivity index is 2.44. The Labute approximate surface area is 101 Å². The van der Waals surface area contributed by atoms with E-state index >= 15 is 0 Å². The van der Waals surface area contributed by atoms with Crippen molar-refractivity contribution < 1.29 is 5.11 Å². The van der Waals surface area contributed by atoms with Crippen molar-refractivity contribution in [2.45, 2.75) is 13.5 Å². The average Bonchev–Trinajstić information content (AvgIpc) is 2.38. The molecule has 0 aliphatic rings. The maximum absolute atomic E-state index is 9.32. The summed E-state index contributed by atoms with van der Waals surface area (Å²) < 4.78 is 0. The van der Waals surface area contributed by atoms with Gasteiger partial charge in [-0.25, -0.2) is 4.98 Å². The highest BCUT2D eigenvalue weighted by atomic mass is 16.3. The fourth-order valence-electron chi connectivity index (χ4n) is 1.91. The molecule has 0 radical (unpaired) electrons. The first-order valence-electron chi connectivity index (χ1n) is 5.58. The molecule has 1 aromatic carbocycles. The van der Waals surface area contributed by atoms with Crippen molar-refractivity contribution >= 4 is 11.5 Å². The van der Waals surface area contributed by atoms with E-state index in [1.807, 2.05) is 42.3 Å². The highest BCUT2D eigenvalue weighted by Gasteiger charge is 2.11. The van der Waals surface area contributed by atoms with Crippen molar-refractivity contribution in [3.05, 3.63) is 53.7 Å². The molecular formula is C14H16N2O. The maximum Gasteiger partial charge on any atom is 0.138 e. The molecule has 2 aromatic rings. The number of nitrogens with zero attached hydrogens (tertiary/aromatic N) is 2. The molecular weight excluding hydrogens is 212 g/mol. The van der Waals surface area contributed by atoms with Gasteiger partial charge in [-0.15, -0.1) is 0 Å². The fourth-order valence-corrected chi connectivity index (χ4v) is 1.91. The summed E-state index contributed by atoms with van der Waals surface area (Å²) in [6, 6.07) is 11.8. The van der Waals surface area contributed by atoms with E-state index in [4.69, 9.17) is 0 Å². The molecule has 88 valence electrons. The summed E-state index contributed by atoms with van der Waals surface area (Å²) in [7, 11) is 1.96. The van der Waals surface area contributed by atoms with Gasteiger partial charge >= 0.3 is 0 Å². The first kappa shape index (κ1) is 11.6. The van der Waals surface area contributed by atoms with Crippen molar-refractivity contribution in [3.8, 4) is 0 Å². The minimum atomic E-state index is -0.000601. The Hall–Kier alpha value is -1.87. The minimum Gasteiger partial charge on any atom is -0.392 e. The molecule has 3 nitrogen and oxygen atoms in total. The summed E-state index contributed by atoms with van der Waals surface area (Å²) >= 11 is 0. The number of hydrogen-bond donors (Lipinski definition) is 1. The third kappa shape index (κ3) is 2.29. The van der Waals surface area contributed by atoms with Gasteiger partial charge in [0.2, 0.25) is 0 Å². The van der Waals surface area contributed by atoms with Crippen LogP contribution >= 0.6 is 0 Å². The van der Waals surface area contributed by atoms with E-state index in [0.29, 0.717) is 0 Å². The van der Waals surface area contributed by atoms with Gasteiger partial charge in [0.25, 0.3) is 0 Å². The van der Waals surface area contributed by atoms with Crippen LogP contribution in [0.3, 0.4) is 0 Å². The topological polar surface area (TPSA) is 36.4 Å². The molecule has 2 rings (SSSR count). The van der Waals surface area contributed by atoms with Crippen LogP contribution in [0.4, 0.5) is 11.5 Å². The standard InChI is InChI=1S/C14H16N2O/c1-11-6-3-4-8-13(11)16(2)14-12(10-17)7-5-9-15-14/h3-9,17H,10H2,1-2H3.